The summed E-state index contributed by atoms with van der Waals surface area (Å²) >= 11 is 0. The molecule has 5 aromatic carbocycles. The number of imidazole rings is 1. The van der Waals surface area contributed by atoms with Crippen molar-refractivity contribution in [1.29, 1.82) is 0 Å². The van der Waals surface area contributed by atoms with Crippen LogP contribution in [0.1, 0.15) is 22.3 Å². The molecule has 9 aromatic rings. The number of para-hydroxylation sites is 2. The Morgan fingerprint density at radius 1 is 0.660 bits per heavy atom. The van der Waals surface area contributed by atoms with E-state index in [9.17, 15) is 0 Å². The SMILES string of the molecule is Cn1c2[n+](c3ncccc31)[N+]13c4c(cccc4-2)Oc2ccc4c(c21)-n1c2c(cccc2c2ccc[n+]3c21)C41c2ccccc2-c2ccccc21. The van der Waals surface area contributed by atoms with Gasteiger partial charge >= 0.3 is 17.0 Å². The molecule has 0 saturated carbocycles. The van der Waals surface area contributed by atoms with Crippen LogP contribution < -0.4 is 18.8 Å². The summed E-state index contributed by atoms with van der Waals surface area (Å²) in [6, 6.07) is 44.8. The summed E-state index contributed by atoms with van der Waals surface area (Å²) in [6.07, 6.45) is 4.17. The third-order valence-corrected chi connectivity index (χ3v) is 12.3. The average molecular weight is 642 g/mol. The van der Waals surface area contributed by atoms with Crippen molar-refractivity contribution in [2.24, 2.45) is 7.05 Å². The monoisotopic (exact) mass is 641 g/mol. The lowest BCUT2D eigenvalue weighted by molar-refractivity contribution is -1.01. The van der Waals surface area contributed by atoms with Crippen LogP contribution in [0.2, 0.25) is 0 Å². The molecule has 7 nitrogen and oxygen atoms in total. The normalized spacial score (nSPS) is 18.1. The lowest BCUT2D eigenvalue weighted by atomic mass is 9.65. The summed E-state index contributed by atoms with van der Waals surface area (Å²) in [5.41, 5.74) is 16.3. The smallest absolute Gasteiger partial charge is 0.358 e. The van der Waals surface area contributed by atoms with Crippen molar-refractivity contribution in [1.82, 2.24) is 18.8 Å². The van der Waals surface area contributed by atoms with Crippen LogP contribution in [0.3, 0.4) is 0 Å². The molecule has 5 aliphatic rings. The minimum absolute atomic E-state index is 0.288. The highest BCUT2D eigenvalue weighted by atomic mass is 16.5. The third kappa shape index (κ3) is 2.15. The summed E-state index contributed by atoms with van der Waals surface area (Å²) in [5, 5.41) is 2.48. The molecular formula is C43H25N6O+3. The van der Waals surface area contributed by atoms with Crippen LogP contribution in [-0.2, 0) is 12.5 Å². The molecule has 0 fully saturated rings. The van der Waals surface area contributed by atoms with Crippen molar-refractivity contribution < 1.29 is 14.1 Å². The van der Waals surface area contributed by atoms with Gasteiger partial charge in [-0.2, -0.15) is 4.57 Å². The van der Waals surface area contributed by atoms with E-state index in [0.717, 1.165) is 51.1 Å². The zero-order valence-electron chi connectivity index (χ0n) is 26.8. The molecule has 1 unspecified atom stereocenters. The van der Waals surface area contributed by atoms with Crippen LogP contribution >= 0.6 is 0 Å². The van der Waals surface area contributed by atoms with E-state index < -0.39 is 5.41 Å². The van der Waals surface area contributed by atoms with Gasteiger partial charge < -0.3 is 4.74 Å². The maximum atomic E-state index is 7.04. The Hall–Kier alpha value is -6.57. The summed E-state index contributed by atoms with van der Waals surface area (Å²) in [4.78, 5) is 5.12. The Morgan fingerprint density at radius 2 is 1.40 bits per heavy atom. The predicted molar refractivity (Wildman–Crippen MR) is 191 cm³/mol. The van der Waals surface area contributed by atoms with E-state index in [2.05, 4.69) is 147 Å². The van der Waals surface area contributed by atoms with Crippen molar-refractivity contribution >= 4 is 44.5 Å². The number of quaternary nitrogens is 1. The fraction of sp³-hybridized carbons (Fsp3) is 0.0465. The van der Waals surface area contributed by atoms with Crippen molar-refractivity contribution in [2.45, 2.75) is 5.41 Å². The molecule has 8 heterocycles. The zero-order chi connectivity index (χ0) is 32.2. The molecule has 0 amide bonds. The molecule has 4 aliphatic heterocycles. The van der Waals surface area contributed by atoms with Crippen molar-refractivity contribution in [3.63, 3.8) is 0 Å². The summed E-state index contributed by atoms with van der Waals surface area (Å²) in [5.74, 6) is 2.81. The van der Waals surface area contributed by atoms with Gasteiger partial charge in [-0.1, -0.05) is 66.7 Å². The molecule has 14 rings (SSSR count). The first-order valence-electron chi connectivity index (χ1n) is 17.2. The second-order valence-corrected chi connectivity index (χ2v) is 14.2. The van der Waals surface area contributed by atoms with Gasteiger partial charge in [0, 0.05) is 16.5 Å². The Bertz CT molecular complexity index is 3120. The number of ether oxygens (including phenoxy) is 1. The molecule has 0 saturated heterocycles. The second kappa shape index (κ2) is 7.52. The molecule has 230 valence electrons. The summed E-state index contributed by atoms with van der Waals surface area (Å²) < 4.78 is 17.1. The summed E-state index contributed by atoms with van der Waals surface area (Å²) in [7, 11) is 2.16. The van der Waals surface area contributed by atoms with Gasteiger partial charge in [-0.3, -0.25) is 4.57 Å². The Kier molecular flexibility index (Phi) is 3.69. The van der Waals surface area contributed by atoms with Crippen LogP contribution in [-0.4, -0.2) is 14.1 Å². The number of fused-ring (bicyclic) bond motifs is 12. The first-order valence-corrected chi connectivity index (χ1v) is 17.2. The lowest BCUT2D eigenvalue weighted by Crippen LogP contribution is -2.84. The fourth-order valence-electron chi connectivity index (χ4n) is 10.8. The van der Waals surface area contributed by atoms with Crippen molar-refractivity contribution in [3.05, 3.63) is 156 Å². The minimum atomic E-state index is -0.530. The van der Waals surface area contributed by atoms with Gasteiger partial charge in [0.05, 0.1) is 22.5 Å². The highest BCUT2D eigenvalue weighted by Crippen LogP contribution is 2.66. The first-order chi connectivity index (χ1) is 24.8. The molecule has 0 bridgehead atoms. The summed E-state index contributed by atoms with van der Waals surface area (Å²) in [6.45, 7) is 0. The van der Waals surface area contributed by atoms with Gasteiger partial charge in [0.15, 0.2) is 17.5 Å². The zero-order valence-corrected chi connectivity index (χ0v) is 26.8. The quantitative estimate of drug-likeness (QED) is 0.125. The topological polar surface area (TPSA) is 39.7 Å². The van der Waals surface area contributed by atoms with Crippen molar-refractivity contribution in [2.75, 3.05) is 0 Å². The molecule has 0 N–H and O–H groups in total. The first kappa shape index (κ1) is 24.6. The van der Waals surface area contributed by atoms with Crippen LogP contribution in [0, 0.1) is 0 Å². The van der Waals surface area contributed by atoms with Gasteiger partial charge in [0.25, 0.3) is 11.5 Å². The van der Waals surface area contributed by atoms with Gasteiger partial charge in [0.2, 0.25) is 11.4 Å². The minimum Gasteiger partial charge on any atom is -0.444 e. The molecule has 50 heavy (non-hydrogen) atoms. The number of benzene rings is 5. The van der Waals surface area contributed by atoms with Crippen LogP contribution in [0.4, 0.5) is 11.4 Å². The molecule has 1 atom stereocenters. The van der Waals surface area contributed by atoms with E-state index >= 15 is 0 Å². The predicted octanol–water partition coefficient (Wildman–Crippen LogP) is 7.89. The number of nitrogens with zero attached hydrogens (tertiary/aromatic N) is 6. The van der Waals surface area contributed by atoms with Gasteiger partial charge in [-0.05, 0) is 86.2 Å². The largest absolute Gasteiger partial charge is 0.444 e. The number of hydrogen-bond donors (Lipinski definition) is 0. The number of rotatable bonds is 0. The van der Waals surface area contributed by atoms with Crippen LogP contribution in [0.25, 0.3) is 61.3 Å². The maximum Gasteiger partial charge on any atom is 0.358 e. The molecule has 0 radical (unpaired) electrons. The average Bonchev–Trinajstić information content (AvgIpc) is 3.86. The van der Waals surface area contributed by atoms with Crippen LogP contribution in [0.5, 0.6) is 11.5 Å². The number of aryl methyl sites for hydroxylation is 1. The molecular weight excluding hydrogens is 617 g/mol. The van der Waals surface area contributed by atoms with E-state index in [1.165, 1.54) is 55.4 Å². The molecule has 4 aromatic heterocycles. The van der Waals surface area contributed by atoms with E-state index in [-0.39, 0.29) is 4.70 Å². The molecule has 1 aliphatic carbocycles. The third-order valence-electron chi connectivity index (χ3n) is 12.3. The number of pyridine rings is 2. The van der Waals surface area contributed by atoms with Gasteiger partial charge in [-0.15, -0.1) is 4.98 Å². The van der Waals surface area contributed by atoms with E-state index in [4.69, 9.17) is 9.72 Å². The van der Waals surface area contributed by atoms with Crippen LogP contribution in [0.15, 0.2) is 134 Å². The molecule has 7 heteroatoms. The lowest BCUT2D eigenvalue weighted by Gasteiger charge is -2.41. The van der Waals surface area contributed by atoms with E-state index in [0.29, 0.717) is 0 Å². The van der Waals surface area contributed by atoms with Crippen molar-refractivity contribution in [3.8, 4) is 39.7 Å². The Labute approximate surface area is 284 Å². The highest BCUT2D eigenvalue weighted by Gasteiger charge is 2.70. The second-order valence-electron chi connectivity index (χ2n) is 14.2. The highest BCUT2D eigenvalue weighted by molar-refractivity contribution is 6.12. The standard InChI is InChI=1S/C43H25N6O/c1-45-33-18-8-22-44-40(33)48-41(45)28-13-7-19-34-38(28)49(48)39-35(50-34)21-20-32-37(39)47-36-26(27-14-9-23-46(49)42(27)47)12-6-17-31(36)43(32)29-15-4-2-10-24(29)25-11-3-5-16-30(25)43/h2-23H,1H3/q+3. The Morgan fingerprint density at radius 3 is 2.26 bits per heavy atom. The van der Waals surface area contributed by atoms with E-state index in [1.807, 2.05) is 12.3 Å². The fourth-order valence-corrected chi connectivity index (χ4v) is 10.8. The number of aromatic nitrogens is 5. The number of hydrogen-bond acceptors (Lipinski definition) is 2. The Balaban J connectivity index is 1.32. The van der Waals surface area contributed by atoms with E-state index in [1.54, 1.807) is 0 Å². The maximum absolute atomic E-state index is 7.04. The molecule has 2 spiro atoms. The van der Waals surface area contributed by atoms with Gasteiger partial charge in [0.1, 0.15) is 17.3 Å². The van der Waals surface area contributed by atoms with Gasteiger partial charge in [-0.25, -0.2) is 0 Å².